The fourth-order valence-electron chi connectivity index (χ4n) is 1.11. The van der Waals surface area contributed by atoms with Gasteiger partial charge in [-0.2, -0.15) is 0 Å². The van der Waals surface area contributed by atoms with E-state index in [2.05, 4.69) is 0 Å². The van der Waals surface area contributed by atoms with E-state index in [-0.39, 0.29) is 17.0 Å². The van der Waals surface area contributed by atoms with Crippen molar-refractivity contribution in [3.05, 3.63) is 35.4 Å². The molecule has 0 unspecified atom stereocenters. The summed E-state index contributed by atoms with van der Waals surface area (Å²) in [5.74, 6) is -2.05. The van der Waals surface area contributed by atoms with Crippen LogP contribution in [-0.2, 0) is 4.79 Å². The van der Waals surface area contributed by atoms with E-state index in [1.807, 2.05) is 0 Å². The van der Waals surface area contributed by atoms with Crippen LogP contribution in [0.5, 0.6) is 0 Å². The van der Waals surface area contributed by atoms with Crippen molar-refractivity contribution < 1.29 is 19.5 Å². The van der Waals surface area contributed by atoms with Crippen molar-refractivity contribution in [2.45, 2.75) is 19.9 Å². The summed E-state index contributed by atoms with van der Waals surface area (Å²) in [6.45, 7) is 3.55. The highest BCUT2D eigenvalue weighted by Crippen LogP contribution is 2.03. The topological polar surface area (TPSA) is 150 Å². The Morgan fingerprint density at radius 3 is 1.65 bits per heavy atom. The highest BCUT2D eigenvalue weighted by molar-refractivity contribution is 5.98. The summed E-state index contributed by atoms with van der Waals surface area (Å²) in [7, 11) is 0. The molecular weight excluding hydrogens is 262 g/mol. The largest absolute Gasteiger partial charge is 0.480 e. The number of hydrogen-bond donors (Lipinski definition) is 4. The molecule has 0 fully saturated rings. The molecule has 0 spiro atoms. The maximum absolute atomic E-state index is 10.6. The first-order valence-corrected chi connectivity index (χ1v) is 5.84. The molecule has 0 aliphatic rings. The molecule has 1 atom stereocenters. The molecule has 110 valence electrons. The molecule has 7 heteroatoms. The summed E-state index contributed by atoms with van der Waals surface area (Å²) >= 11 is 0. The van der Waals surface area contributed by atoms with Gasteiger partial charge in [-0.3, -0.25) is 14.4 Å². The van der Waals surface area contributed by atoms with Gasteiger partial charge in [0.15, 0.2) is 0 Å². The predicted molar refractivity (Wildman–Crippen MR) is 73.9 cm³/mol. The molecule has 0 radical (unpaired) electrons. The molecule has 2 amide bonds. The van der Waals surface area contributed by atoms with Gasteiger partial charge >= 0.3 is 5.97 Å². The Kier molecular flexibility index (Phi) is 6.95. The molecule has 20 heavy (non-hydrogen) atoms. The van der Waals surface area contributed by atoms with Crippen molar-refractivity contribution in [3.63, 3.8) is 0 Å². The summed E-state index contributed by atoms with van der Waals surface area (Å²) in [4.78, 5) is 31.3. The first kappa shape index (κ1) is 17.6. The number of carboxylic acid groups (broad SMARTS) is 1. The summed E-state index contributed by atoms with van der Waals surface area (Å²) in [5, 5.41) is 8.23. The van der Waals surface area contributed by atoms with E-state index < -0.39 is 23.8 Å². The van der Waals surface area contributed by atoms with Gasteiger partial charge in [0.2, 0.25) is 11.8 Å². The van der Waals surface area contributed by atoms with Crippen molar-refractivity contribution in [2.24, 2.45) is 23.1 Å². The first-order chi connectivity index (χ1) is 9.16. The molecule has 0 saturated heterocycles. The van der Waals surface area contributed by atoms with Crippen LogP contribution in [0.2, 0.25) is 0 Å². The molecule has 1 aromatic carbocycles. The van der Waals surface area contributed by atoms with Crippen molar-refractivity contribution >= 4 is 17.8 Å². The van der Waals surface area contributed by atoms with E-state index in [0.29, 0.717) is 0 Å². The maximum atomic E-state index is 10.6. The van der Waals surface area contributed by atoms with Crippen LogP contribution in [0.1, 0.15) is 34.6 Å². The average molecular weight is 281 g/mol. The first-order valence-electron chi connectivity index (χ1n) is 5.84. The van der Waals surface area contributed by atoms with Gasteiger partial charge in [0.25, 0.3) is 0 Å². The standard InChI is InChI=1S/C8H8N2O2.C5H11NO2/c9-7(11)5-2-1-3-6(4-5)8(10)12;1-3(2)4(6)5(7)8/h1-4H,(H2,9,11)(H2,10,12);3-4H,6H2,1-2H3,(H,7,8)/t;4-/m.0/s1. The number of hydrogen-bond acceptors (Lipinski definition) is 4. The third kappa shape index (κ3) is 5.96. The van der Waals surface area contributed by atoms with Crippen LogP contribution in [0.25, 0.3) is 0 Å². The highest BCUT2D eigenvalue weighted by Gasteiger charge is 2.14. The van der Waals surface area contributed by atoms with Crippen molar-refractivity contribution in [1.82, 2.24) is 0 Å². The van der Waals surface area contributed by atoms with Crippen molar-refractivity contribution in [2.75, 3.05) is 0 Å². The zero-order valence-corrected chi connectivity index (χ0v) is 11.4. The molecule has 7 nitrogen and oxygen atoms in total. The molecule has 0 aliphatic heterocycles. The van der Waals surface area contributed by atoms with E-state index in [1.165, 1.54) is 18.2 Å². The molecular formula is C13H19N3O4. The van der Waals surface area contributed by atoms with Gasteiger partial charge in [-0.25, -0.2) is 0 Å². The minimum absolute atomic E-state index is 0.0208. The number of rotatable bonds is 4. The molecule has 0 aliphatic carbocycles. The van der Waals surface area contributed by atoms with Gasteiger partial charge in [-0.1, -0.05) is 19.9 Å². The highest BCUT2D eigenvalue weighted by atomic mass is 16.4. The zero-order valence-electron chi connectivity index (χ0n) is 11.4. The van der Waals surface area contributed by atoms with E-state index >= 15 is 0 Å². The summed E-state index contributed by atoms with van der Waals surface area (Å²) in [6.07, 6.45) is 0. The van der Waals surface area contributed by atoms with Crippen LogP contribution in [0.3, 0.4) is 0 Å². The second kappa shape index (κ2) is 7.90. The Bertz CT molecular complexity index is 471. The monoisotopic (exact) mass is 281 g/mol. The summed E-state index contributed by atoms with van der Waals surface area (Å²) in [5.41, 5.74) is 15.7. The predicted octanol–water partition coefficient (Wildman–Crippen LogP) is -0.0613. The van der Waals surface area contributed by atoms with E-state index in [1.54, 1.807) is 19.9 Å². The van der Waals surface area contributed by atoms with Crippen LogP contribution in [0.15, 0.2) is 24.3 Å². The molecule has 0 saturated carbocycles. The third-order valence-electron chi connectivity index (χ3n) is 2.43. The van der Waals surface area contributed by atoms with Gasteiger partial charge < -0.3 is 22.3 Å². The summed E-state index contributed by atoms with van der Waals surface area (Å²) in [6, 6.07) is 5.25. The lowest BCUT2D eigenvalue weighted by molar-refractivity contribution is -0.139. The smallest absolute Gasteiger partial charge is 0.320 e. The molecule has 0 heterocycles. The second-order valence-corrected chi connectivity index (χ2v) is 4.42. The zero-order chi connectivity index (χ0) is 15.9. The average Bonchev–Trinajstić information content (AvgIpc) is 2.38. The van der Waals surface area contributed by atoms with E-state index in [4.69, 9.17) is 22.3 Å². The Hall–Kier alpha value is -2.41. The number of nitrogens with two attached hydrogens (primary N) is 3. The van der Waals surface area contributed by atoms with Crippen LogP contribution in [0, 0.1) is 5.92 Å². The molecule has 0 aromatic heterocycles. The Morgan fingerprint density at radius 1 is 1.05 bits per heavy atom. The number of benzene rings is 1. The number of carbonyl (C=O) groups is 3. The normalized spacial score (nSPS) is 11.2. The lowest BCUT2D eigenvalue weighted by Crippen LogP contribution is -2.34. The molecule has 1 rings (SSSR count). The number of primary amides is 2. The van der Waals surface area contributed by atoms with Crippen LogP contribution in [-0.4, -0.2) is 28.9 Å². The lowest BCUT2D eigenvalue weighted by Gasteiger charge is -2.07. The van der Waals surface area contributed by atoms with E-state index in [0.717, 1.165) is 0 Å². The number of carboxylic acids is 1. The minimum Gasteiger partial charge on any atom is -0.480 e. The van der Waals surface area contributed by atoms with Gasteiger partial charge in [-0.15, -0.1) is 0 Å². The molecule has 1 aromatic rings. The van der Waals surface area contributed by atoms with Crippen molar-refractivity contribution in [3.8, 4) is 0 Å². The maximum Gasteiger partial charge on any atom is 0.320 e. The Balaban J connectivity index is 0.000000396. The molecule has 0 bridgehead atoms. The van der Waals surface area contributed by atoms with Gasteiger partial charge in [0.1, 0.15) is 6.04 Å². The SMILES string of the molecule is CC(C)[C@H](N)C(=O)O.NC(=O)c1cccc(C(N)=O)c1. The summed E-state index contributed by atoms with van der Waals surface area (Å²) < 4.78 is 0. The van der Waals surface area contributed by atoms with E-state index in [9.17, 15) is 14.4 Å². The minimum atomic E-state index is -0.931. The number of aliphatic carboxylic acids is 1. The van der Waals surface area contributed by atoms with Crippen molar-refractivity contribution in [1.29, 1.82) is 0 Å². The second-order valence-electron chi connectivity index (χ2n) is 4.42. The van der Waals surface area contributed by atoms with Gasteiger partial charge in [0.05, 0.1) is 0 Å². The number of carbonyl (C=O) groups excluding carboxylic acids is 2. The fraction of sp³-hybridized carbons (Fsp3) is 0.308. The van der Waals surface area contributed by atoms with Crippen LogP contribution in [0.4, 0.5) is 0 Å². The van der Waals surface area contributed by atoms with Crippen LogP contribution >= 0.6 is 0 Å². The molecule has 7 N–H and O–H groups in total. The number of amides is 2. The fourth-order valence-corrected chi connectivity index (χ4v) is 1.11. The Morgan fingerprint density at radius 2 is 1.45 bits per heavy atom. The van der Waals surface area contributed by atoms with Gasteiger partial charge in [0, 0.05) is 11.1 Å². The Labute approximate surface area is 116 Å². The lowest BCUT2D eigenvalue weighted by atomic mass is 10.1. The quantitative estimate of drug-likeness (QED) is 0.609. The van der Waals surface area contributed by atoms with Gasteiger partial charge in [-0.05, 0) is 24.1 Å². The van der Waals surface area contributed by atoms with Crippen LogP contribution < -0.4 is 17.2 Å². The third-order valence-corrected chi connectivity index (χ3v) is 2.43.